The number of carbonyl (C=O) groups is 1. The minimum atomic E-state index is -0.130. The van der Waals surface area contributed by atoms with E-state index < -0.39 is 0 Å². The zero-order valence-corrected chi connectivity index (χ0v) is 12.0. The van der Waals surface area contributed by atoms with Crippen LogP contribution >= 0.6 is 0 Å². The summed E-state index contributed by atoms with van der Waals surface area (Å²) in [5, 5.41) is 3.26. The summed E-state index contributed by atoms with van der Waals surface area (Å²) >= 11 is 0. The van der Waals surface area contributed by atoms with Gasteiger partial charge in [0.25, 0.3) is 5.91 Å². The molecule has 1 heterocycles. The van der Waals surface area contributed by atoms with Gasteiger partial charge >= 0.3 is 0 Å². The molecule has 108 valence electrons. The third kappa shape index (κ3) is 3.18. The predicted molar refractivity (Wildman–Crippen MR) is 82.5 cm³/mol. The number of rotatable bonds is 5. The molecule has 0 bridgehead atoms. The van der Waals surface area contributed by atoms with Crippen molar-refractivity contribution in [3.05, 3.63) is 48.4 Å². The van der Waals surface area contributed by atoms with E-state index >= 15 is 0 Å². The fraction of sp³-hybridized carbons (Fsp3) is 0.312. The molecule has 1 N–H and O–H groups in total. The van der Waals surface area contributed by atoms with Crippen molar-refractivity contribution in [1.82, 2.24) is 9.97 Å². The molecule has 0 spiro atoms. The van der Waals surface area contributed by atoms with Gasteiger partial charge < -0.3 is 10.2 Å². The van der Waals surface area contributed by atoms with Gasteiger partial charge in [-0.25, -0.2) is 9.97 Å². The Labute approximate surface area is 124 Å². The zero-order valence-electron chi connectivity index (χ0n) is 12.0. The molecule has 1 amide bonds. The highest BCUT2D eigenvalue weighted by atomic mass is 16.2. The number of nitrogens with zero attached hydrogens (tertiary/aromatic N) is 3. The van der Waals surface area contributed by atoms with Crippen LogP contribution in [0.15, 0.2) is 42.7 Å². The summed E-state index contributed by atoms with van der Waals surface area (Å²) in [6.45, 7) is 2.54. The van der Waals surface area contributed by atoms with Gasteiger partial charge in [0.2, 0.25) is 0 Å². The van der Waals surface area contributed by atoms with E-state index in [9.17, 15) is 4.79 Å². The topological polar surface area (TPSA) is 58.1 Å². The van der Waals surface area contributed by atoms with Crippen molar-refractivity contribution in [2.75, 3.05) is 16.8 Å². The van der Waals surface area contributed by atoms with Crippen molar-refractivity contribution in [1.29, 1.82) is 0 Å². The summed E-state index contributed by atoms with van der Waals surface area (Å²) in [7, 11) is 0. The fourth-order valence-electron chi connectivity index (χ4n) is 2.14. The number of para-hydroxylation sites is 1. The molecule has 0 saturated heterocycles. The SMILES string of the molecule is CCN(C(=O)c1cnc(NC2CC2)cn1)c1ccccc1. The van der Waals surface area contributed by atoms with Crippen molar-refractivity contribution >= 4 is 17.4 Å². The lowest BCUT2D eigenvalue weighted by molar-refractivity contribution is 0.0983. The van der Waals surface area contributed by atoms with Crippen LogP contribution in [0.2, 0.25) is 0 Å². The minimum Gasteiger partial charge on any atom is -0.366 e. The Morgan fingerprint density at radius 2 is 2.00 bits per heavy atom. The summed E-state index contributed by atoms with van der Waals surface area (Å²) in [4.78, 5) is 22.7. The zero-order chi connectivity index (χ0) is 14.7. The largest absolute Gasteiger partial charge is 0.366 e. The van der Waals surface area contributed by atoms with Crippen LogP contribution < -0.4 is 10.2 Å². The first-order valence-corrected chi connectivity index (χ1v) is 7.23. The lowest BCUT2D eigenvalue weighted by atomic mass is 10.2. The van der Waals surface area contributed by atoms with E-state index in [1.54, 1.807) is 17.3 Å². The molecule has 2 aromatic rings. The Morgan fingerprint density at radius 1 is 1.24 bits per heavy atom. The summed E-state index contributed by atoms with van der Waals surface area (Å²) in [6, 6.07) is 10.1. The number of hydrogen-bond acceptors (Lipinski definition) is 4. The van der Waals surface area contributed by atoms with Crippen LogP contribution in [0, 0.1) is 0 Å². The molecule has 1 saturated carbocycles. The average Bonchev–Trinajstić information content (AvgIpc) is 3.34. The molecule has 3 rings (SSSR count). The maximum absolute atomic E-state index is 12.5. The molecule has 1 aliphatic rings. The van der Waals surface area contributed by atoms with E-state index in [0.29, 0.717) is 18.3 Å². The van der Waals surface area contributed by atoms with Crippen LogP contribution in [0.4, 0.5) is 11.5 Å². The summed E-state index contributed by atoms with van der Waals surface area (Å²) in [5.74, 6) is 0.603. The second-order valence-corrected chi connectivity index (χ2v) is 5.09. The van der Waals surface area contributed by atoms with E-state index in [-0.39, 0.29) is 5.91 Å². The van der Waals surface area contributed by atoms with Gasteiger partial charge in [0, 0.05) is 18.3 Å². The Bertz CT molecular complexity index is 608. The summed E-state index contributed by atoms with van der Waals surface area (Å²) in [5.41, 5.74) is 1.23. The average molecular weight is 282 g/mol. The second kappa shape index (κ2) is 5.91. The molecule has 1 aromatic heterocycles. The van der Waals surface area contributed by atoms with Gasteiger partial charge in [-0.3, -0.25) is 4.79 Å². The van der Waals surface area contributed by atoms with Crippen LogP contribution in [0.3, 0.4) is 0 Å². The fourth-order valence-corrected chi connectivity index (χ4v) is 2.14. The molecule has 0 atom stereocenters. The van der Waals surface area contributed by atoms with Crippen LogP contribution in [0.5, 0.6) is 0 Å². The van der Waals surface area contributed by atoms with Crippen molar-refractivity contribution in [3.8, 4) is 0 Å². The number of nitrogens with one attached hydrogen (secondary N) is 1. The highest BCUT2D eigenvalue weighted by molar-refractivity contribution is 6.04. The molecule has 1 fully saturated rings. The van der Waals surface area contributed by atoms with Crippen LogP contribution in [0.1, 0.15) is 30.3 Å². The Morgan fingerprint density at radius 3 is 2.57 bits per heavy atom. The standard InChI is InChI=1S/C16H18N4O/c1-2-20(13-6-4-3-5-7-13)16(21)14-10-18-15(11-17-14)19-12-8-9-12/h3-7,10-12H,2,8-9H2,1H3,(H,18,19). The van der Waals surface area contributed by atoms with E-state index in [2.05, 4.69) is 15.3 Å². The lowest BCUT2D eigenvalue weighted by Crippen LogP contribution is -2.31. The lowest BCUT2D eigenvalue weighted by Gasteiger charge is -2.20. The summed E-state index contributed by atoms with van der Waals surface area (Å²) < 4.78 is 0. The van der Waals surface area contributed by atoms with Gasteiger partial charge in [0.1, 0.15) is 11.5 Å². The first-order chi connectivity index (χ1) is 10.3. The molecule has 0 radical (unpaired) electrons. The maximum atomic E-state index is 12.5. The van der Waals surface area contributed by atoms with Gasteiger partial charge in [-0.05, 0) is 31.9 Å². The molecular weight excluding hydrogens is 264 g/mol. The van der Waals surface area contributed by atoms with Crippen LogP contribution in [0.25, 0.3) is 0 Å². The number of aromatic nitrogens is 2. The molecule has 1 aromatic carbocycles. The Kier molecular flexibility index (Phi) is 3.81. The summed E-state index contributed by atoms with van der Waals surface area (Å²) in [6.07, 6.45) is 5.53. The molecular formula is C16H18N4O. The molecule has 0 unspecified atom stereocenters. The van der Waals surface area contributed by atoms with E-state index in [0.717, 1.165) is 11.5 Å². The van der Waals surface area contributed by atoms with Gasteiger partial charge in [-0.1, -0.05) is 18.2 Å². The first-order valence-electron chi connectivity index (χ1n) is 7.23. The van der Waals surface area contributed by atoms with Crippen molar-refractivity contribution < 1.29 is 4.79 Å². The highest BCUT2D eigenvalue weighted by Crippen LogP contribution is 2.23. The minimum absolute atomic E-state index is 0.130. The van der Waals surface area contributed by atoms with E-state index in [1.165, 1.54) is 12.8 Å². The quantitative estimate of drug-likeness (QED) is 0.916. The Balaban J connectivity index is 1.76. The van der Waals surface area contributed by atoms with Crippen molar-refractivity contribution in [2.45, 2.75) is 25.8 Å². The van der Waals surface area contributed by atoms with Gasteiger partial charge in [-0.15, -0.1) is 0 Å². The van der Waals surface area contributed by atoms with Gasteiger partial charge in [0.05, 0.1) is 12.4 Å². The van der Waals surface area contributed by atoms with Crippen molar-refractivity contribution in [3.63, 3.8) is 0 Å². The third-order valence-electron chi connectivity index (χ3n) is 3.43. The van der Waals surface area contributed by atoms with Crippen LogP contribution in [-0.2, 0) is 0 Å². The number of benzene rings is 1. The van der Waals surface area contributed by atoms with Gasteiger partial charge in [-0.2, -0.15) is 0 Å². The van der Waals surface area contributed by atoms with E-state index in [4.69, 9.17) is 0 Å². The Hall–Kier alpha value is -2.43. The number of carbonyl (C=O) groups excluding carboxylic acids is 1. The normalized spacial score (nSPS) is 13.8. The van der Waals surface area contributed by atoms with Crippen molar-refractivity contribution in [2.24, 2.45) is 0 Å². The third-order valence-corrected chi connectivity index (χ3v) is 3.43. The monoisotopic (exact) mass is 282 g/mol. The van der Waals surface area contributed by atoms with Gasteiger partial charge in [0.15, 0.2) is 0 Å². The number of anilines is 2. The molecule has 5 nitrogen and oxygen atoms in total. The second-order valence-electron chi connectivity index (χ2n) is 5.09. The molecule has 0 aliphatic heterocycles. The smallest absolute Gasteiger partial charge is 0.278 e. The highest BCUT2D eigenvalue weighted by Gasteiger charge is 2.22. The molecule has 5 heteroatoms. The molecule has 21 heavy (non-hydrogen) atoms. The first kappa shape index (κ1) is 13.5. The number of hydrogen-bond donors (Lipinski definition) is 1. The molecule has 1 aliphatic carbocycles. The van der Waals surface area contributed by atoms with E-state index in [1.807, 2.05) is 37.3 Å². The van der Waals surface area contributed by atoms with Crippen LogP contribution in [-0.4, -0.2) is 28.5 Å². The number of amides is 1. The predicted octanol–water partition coefficient (Wildman–Crippen LogP) is 2.72. The maximum Gasteiger partial charge on any atom is 0.278 e.